The van der Waals surface area contributed by atoms with Gasteiger partial charge in [0.1, 0.15) is 12.3 Å². The number of para-hydroxylation sites is 1. The molecule has 1 fully saturated rings. The second kappa shape index (κ2) is 9.07. The lowest BCUT2D eigenvalue weighted by atomic mass is 10.2. The van der Waals surface area contributed by atoms with Crippen molar-refractivity contribution in [2.24, 2.45) is 0 Å². The summed E-state index contributed by atoms with van der Waals surface area (Å²) in [5.41, 5.74) is 0.410. The van der Waals surface area contributed by atoms with Crippen molar-refractivity contribution in [2.75, 3.05) is 32.1 Å². The minimum atomic E-state index is -3.60. The summed E-state index contributed by atoms with van der Waals surface area (Å²) in [7, 11) is -2.30. The van der Waals surface area contributed by atoms with Gasteiger partial charge in [-0.25, -0.2) is 8.42 Å². The fraction of sp³-hybridized carbons (Fsp3) is 0.350. The van der Waals surface area contributed by atoms with Crippen LogP contribution in [-0.2, 0) is 19.6 Å². The van der Waals surface area contributed by atoms with E-state index in [2.05, 4.69) is 10.1 Å². The van der Waals surface area contributed by atoms with Gasteiger partial charge in [0, 0.05) is 13.1 Å². The molecule has 3 rings (SSSR count). The Morgan fingerprint density at radius 1 is 1.07 bits per heavy atom. The van der Waals surface area contributed by atoms with Crippen molar-refractivity contribution in [1.82, 2.24) is 4.31 Å². The number of carbonyl (C=O) groups is 1. The van der Waals surface area contributed by atoms with Crippen LogP contribution in [0.5, 0.6) is 11.5 Å². The number of carbonyl (C=O) groups excluding carboxylic acids is 1. The van der Waals surface area contributed by atoms with Crippen LogP contribution in [0.1, 0.15) is 19.3 Å². The zero-order chi connectivity index (χ0) is 20.0. The lowest BCUT2D eigenvalue weighted by Crippen LogP contribution is -2.35. The molecule has 7 nitrogen and oxygen atoms in total. The summed E-state index contributed by atoms with van der Waals surface area (Å²) in [4.78, 5) is 11.7. The second-order valence-electron chi connectivity index (χ2n) is 6.47. The number of nitrogens with zero attached hydrogens (tertiary/aromatic N) is 1. The Morgan fingerprint density at radius 3 is 2.46 bits per heavy atom. The van der Waals surface area contributed by atoms with E-state index < -0.39 is 16.0 Å². The van der Waals surface area contributed by atoms with Gasteiger partial charge < -0.3 is 14.8 Å². The first-order valence-electron chi connectivity index (χ1n) is 9.18. The molecule has 2 aromatic carbocycles. The van der Waals surface area contributed by atoms with Crippen LogP contribution in [0.2, 0.25) is 0 Å². The third kappa shape index (κ3) is 4.82. The number of rotatable bonds is 7. The molecule has 0 amide bonds. The van der Waals surface area contributed by atoms with Crippen molar-refractivity contribution >= 4 is 21.7 Å². The molecule has 1 heterocycles. The van der Waals surface area contributed by atoms with Gasteiger partial charge in [-0.3, -0.25) is 4.79 Å². The summed E-state index contributed by atoms with van der Waals surface area (Å²) in [6, 6.07) is 13.8. The number of nitrogens with one attached hydrogen (secondary N) is 1. The Labute approximate surface area is 165 Å². The number of anilines is 1. The molecular formula is C20H24N2O5S. The van der Waals surface area contributed by atoms with Crippen LogP contribution >= 0.6 is 0 Å². The molecule has 0 atom stereocenters. The zero-order valence-electron chi connectivity index (χ0n) is 15.8. The van der Waals surface area contributed by atoms with Gasteiger partial charge in [0.15, 0.2) is 5.75 Å². The number of benzene rings is 2. The van der Waals surface area contributed by atoms with Crippen molar-refractivity contribution in [3.63, 3.8) is 0 Å². The van der Waals surface area contributed by atoms with Crippen LogP contribution in [0.3, 0.4) is 0 Å². The van der Waals surface area contributed by atoms with Crippen molar-refractivity contribution in [3.05, 3.63) is 48.5 Å². The number of ether oxygens (including phenoxy) is 2. The number of hydrogen-bond donors (Lipinski definition) is 1. The van der Waals surface area contributed by atoms with Gasteiger partial charge in [-0.2, -0.15) is 4.31 Å². The molecule has 1 saturated heterocycles. The van der Waals surface area contributed by atoms with Crippen LogP contribution in [-0.4, -0.2) is 45.4 Å². The van der Waals surface area contributed by atoms with E-state index in [9.17, 15) is 13.2 Å². The van der Waals surface area contributed by atoms with Crippen molar-refractivity contribution < 1.29 is 22.7 Å². The highest BCUT2D eigenvalue weighted by atomic mass is 32.2. The van der Waals surface area contributed by atoms with Crippen molar-refractivity contribution in [1.29, 1.82) is 0 Å². The largest absolute Gasteiger partial charge is 0.468 e. The lowest BCUT2D eigenvalue weighted by molar-refractivity contribution is -0.138. The van der Waals surface area contributed by atoms with Crippen LogP contribution in [0.25, 0.3) is 0 Å². The van der Waals surface area contributed by atoms with E-state index >= 15 is 0 Å². The molecule has 150 valence electrons. The van der Waals surface area contributed by atoms with E-state index in [1.54, 1.807) is 18.2 Å². The Balaban J connectivity index is 1.91. The molecule has 28 heavy (non-hydrogen) atoms. The fourth-order valence-corrected chi connectivity index (χ4v) is 4.55. The van der Waals surface area contributed by atoms with E-state index in [0.717, 1.165) is 19.3 Å². The van der Waals surface area contributed by atoms with E-state index in [-0.39, 0.29) is 11.4 Å². The molecule has 1 aliphatic rings. The molecule has 1 aliphatic heterocycles. The zero-order valence-corrected chi connectivity index (χ0v) is 16.6. The molecule has 1 N–H and O–H groups in total. The highest BCUT2D eigenvalue weighted by molar-refractivity contribution is 7.89. The lowest BCUT2D eigenvalue weighted by Gasteiger charge is -2.26. The highest BCUT2D eigenvalue weighted by Gasteiger charge is 2.27. The minimum absolute atomic E-state index is 0.102. The van der Waals surface area contributed by atoms with E-state index in [1.165, 1.54) is 23.5 Å². The monoisotopic (exact) mass is 404 g/mol. The number of sulfonamides is 1. The first kappa shape index (κ1) is 20.2. The molecule has 8 heteroatoms. The SMILES string of the molecule is COC(=O)CNc1cc(S(=O)(=O)N2CCCCC2)ccc1Oc1ccccc1. The smallest absolute Gasteiger partial charge is 0.325 e. The summed E-state index contributed by atoms with van der Waals surface area (Å²) in [5.74, 6) is 0.568. The average Bonchev–Trinajstić information content (AvgIpc) is 2.74. The minimum Gasteiger partial charge on any atom is -0.468 e. The fourth-order valence-electron chi connectivity index (χ4n) is 3.01. The molecule has 0 spiro atoms. The summed E-state index contributed by atoms with van der Waals surface area (Å²) in [5, 5.41) is 2.92. The Hall–Kier alpha value is -2.58. The van der Waals surface area contributed by atoms with Gasteiger partial charge in [-0.05, 0) is 43.2 Å². The average molecular weight is 404 g/mol. The summed E-state index contributed by atoms with van der Waals surface area (Å²) >= 11 is 0. The molecule has 0 saturated carbocycles. The number of esters is 1. The van der Waals surface area contributed by atoms with E-state index in [0.29, 0.717) is 30.3 Å². The van der Waals surface area contributed by atoms with Crippen LogP contribution in [0.15, 0.2) is 53.4 Å². The predicted molar refractivity (Wildman–Crippen MR) is 106 cm³/mol. The molecule has 0 aliphatic carbocycles. The van der Waals surface area contributed by atoms with Crippen molar-refractivity contribution in [3.8, 4) is 11.5 Å². The van der Waals surface area contributed by atoms with Crippen molar-refractivity contribution in [2.45, 2.75) is 24.2 Å². The Kier molecular flexibility index (Phi) is 6.53. The van der Waals surface area contributed by atoms with E-state index in [4.69, 9.17) is 4.74 Å². The molecular weight excluding hydrogens is 380 g/mol. The number of piperidine rings is 1. The van der Waals surface area contributed by atoms with Crippen LogP contribution in [0, 0.1) is 0 Å². The summed E-state index contributed by atoms with van der Waals surface area (Å²) in [6.45, 7) is 0.944. The maximum atomic E-state index is 13.0. The topological polar surface area (TPSA) is 84.9 Å². The molecule has 0 radical (unpaired) electrons. The first-order chi connectivity index (χ1) is 13.5. The van der Waals surface area contributed by atoms with Gasteiger partial charge in [0.05, 0.1) is 17.7 Å². The van der Waals surface area contributed by atoms with Gasteiger partial charge in [0.25, 0.3) is 0 Å². The highest BCUT2D eigenvalue weighted by Crippen LogP contribution is 2.33. The van der Waals surface area contributed by atoms with Crippen LogP contribution < -0.4 is 10.1 Å². The molecule has 0 aromatic heterocycles. The molecule has 0 bridgehead atoms. The molecule has 2 aromatic rings. The van der Waals surface area contributed by atoms with Gasteiger partial charge in [0.2, 0.25) is 10.0 Å². The first-order valence-corrected chi connectivity index (χ1v) is 10.6. The van der Waals surface area contributed by atoms with Gasteiger partial charge >= 0.3 is 5.97 Å². The quantitative estimate of drug-likeness (QED) is 0.713. The third-order valence-electron chi connectivity index (χ3n) is 4.53. The Morgan fingerprint density at radius 2 is 1.79 bits per heavy atom. The number of methoxy groups -OCH3 is 1. The second-order valence-corrected chi connectivity index (χ2v) is 8.41. The third-order valence-corrected chi connectivity index (χ3v) is 6.42. The summed E-state index contributed by atoms with van der Waals surface area (Å²) < 4.78 is 38.0. The summed E-state index contributed by atoms with van der Waals surface area (Å²) in [6.07, 6.45) is 2.77. The molecule has 0 unspecified atom stereocenters. The van der Waals surface area contributed by atoms with Gasteiger partial charge in [-0.1, -0.05) is 24.6 Å². The predicted octanol–water partition coefficient (Wildman–Crippen LogP) is 3.24. The maximum Gasteiger partial charge on any atom is 0.325 e. The van der Waals surface area contributed by atoms with Crippen LogP contribution in [0.4, 0.5) is 5.69 Å². The number of hydrogen-bond acceptors (Lipinski definition) is 6. The maximum absolute atomic E-state index is 13.0. The van der Waals surface area contributed by atoms with E-state index in [1.807, 2.05) is 18.2 Å². The van der Waals surface area contributed by atoms with Gasteiger partial charge in [-0.15, -0.1) is 0 Å². The normalized spacial score (nSPS) is 15.0. The Bertz CT molecular complexity index is 909. The standard InChI is InChI=1S/C20H24N2O5S/c1-26-20(23)15-21-18-14-17(28(24,25)22-12-6-3-7-13-22)10-11-19(18)27-16-8-4-2-5-9-16/h2,4-5,8-11,14,21H,3,6-7,12-13,15H2,1H3.